The lowest BCUT2D eigenvalue weighted by Crippen LogP contribution is -2.56. The summed E-state index contributed by atoms with van der Waals surface area (Å²) in [6.07, 6.45) is 4.19. The highest BCUT2D eigenvalue weighted by Gasteiger charge is 2.60. The molecule has 250 valence electrons. The summed E-state index contributed by atoms with van der Waals surface area (Å²) < 4.78 is 6.44. The lowest BCUT2D eigenvalue weighted by molar-refractivity contribution is -0.179. The minimum atomic E-state index is -0.680. The Labute approximate surface area is 272 Å². The lowest BCUT2D eigenvalue weighted by atomic mass is 9.51. The highest BCUT2D eigenvalue weighted by Crippen LogP contribution is 2.63. The molecular formula is C34H53N5O5S. The van der Waals surface area contributed by atoms with Gasteiger partial charge in [-0.15, -0.1) is 11.8 Å². The van der Waals surface area contributed by atoms with E-state index in [0.29, 0.717) is 56.7 Å². The minimum absolute atomic E-state index is 0.00808. The van der Waals surface area contributed by atoms with Crippen LogP contribution in [0.4, 0.5) is 0 Å². The third-order valence-corrected chi connectivity index (χ3v) is 12.4. The Balaban J connectivity index is 1.56. The molecule has 1 aromatic rings. The highest BCUT2D eigenvalue weighted by molar-refractivity contribution is 8.00. The molecule has 3 aliphatic rings. The van der Waals surface area contributed by atoms with E-state index in [0.717, 1.165) is 30.6 Å². The summed E-state index contributed by atoms with van der Waals surface area (Å²) >= 11 is 1.37. The van der Waals surface area contributed by atoms with Crippen molar-refractivity contribution in [3.05, 3.63) is 29.8 Å². The summed E-state index contributed by atoms with van der Waals surface area (Å²) in [7, 11) is 0. The van der Waals surface area contributed by atoms with Crippen molar-refractivity contribution >= 4 is 35.4 Å². The summed E-state index contributed by atoms with van der Waals surface area (Å²) in [5.74, 6) is 0.0279. The number of ketones is 1. The third kappa shape index (κ3) is 7.85. The van der Waals surface area contributed by atoms with E-state index >= 15 is 0 Å². The number of nitrogens with zero attached hydrogens (tertiary/aromatic N) is 1. The van der Waals surface area contributed by atoms with Crippen LogP contribution in [-0.2, 0) is 14.3 Å². The molecule has 3 bridgehead atoms. The number of benzene rings is 1. The van der Waals surface area contributed by atoms with Gasteiger partial charge in [0.05, 0.1) is 11.9 Å². The quantitative estimate of drug-likeness (QED) is 0.0790. The summed E-state index contributed by atoms with van der Waals surface area (Å²) in [6.45, 7) is 10.0. The number of amides is 1. The first-order valence-corrected chi connectivity index (χ1v) is 17.4. The zero-order valence-electron chi connectivity index (χ0n) is 27.3. The van der Waals surface area contributed by atoms with Gasteiger partial charge in [0.25, 0.3) is 5.91 Å². The van der Waals surface area contributed by atoms with E-state index in [1.807, 2.05) is 12.1 Å². The van der Waals surface area contributed by atoms with Crippen LogP contribution in [0.1, 0.15) is 89.4 Å². The van der Waals surface area contributed by atoms with Gasteiger partial charge >= 0.3 is 5.97 Å². The third-order valence-electron chi connectivity index (χ3n) is 11.4. The van der Waals surface area contributed by atoms with E-state index in [-0.39, 0.29) is 52.2 Å². The van der Waals surface area contributed by atoms with Crippen LogP contribution < -0.4 is 22.5 Å². The number of aliphatic hydroxyl groups excluding tert-OH is 1. The monoisotopic (exact) mass is 643 g/mol. The molecule has 11 heteroatoms. The van der Waals surface area contributed by atoms with Crippen LogP contribution in [0.5, 0.6) is 0 Å². The smallest absolute Gasteiger partial charge is 0.316 e. The van der Waals surface area contributed by atoms with Crippen molar-refractivity contribution in [3.8, 4) is 0 Å². The fraction of sp³-hybridized carbons (Fsp3) is 0.706. The molecule has 0 radical (unpaired) electrons. The number of hydrogen-bond acceptors (Lipinski definition) is 8. The molecule has 1 spiro atoms. The van der Waals surface area contributed by atoms with Gasteiger partial charge < -0.3 is 32.4 Å². The largest absolute Gasteiger partial charge is 0.461 e. The van der Waals surface area contributed by atoms with Gasteiger partial charge in [-0.05, 0) is 98.4 Å². The van der Waals surface area contributed by atoms with Gasteiger partial charge in [0.2, 0.25) is 0 Å². The number of esters is 1. The molecule has 10 nitrogen and oxygen atoms in total. The summed E-state index contributed by atoms with van der Waals surface area (Å²) in [5.41, 5.74) is 16.1. The van der Waals surface area contributed by atoms with Gasteiger partial charge in [-0.25, -0.2) is 0 Å². The van der Waals surface area contributed by atoms with E-state index < -0.39 is 17.6 Å². The first-order valence-electron chi connectivity index (χ1n) is 16.4. The van der Waals surface area contributed by atoms with Crippen LogP contribution in [0.3, 0.4) is 0 Å². The second-order valence-electron chi connectivity index (χ2n) is 14.4. The number of hydrogen-bond donors (Lipinski definition) is 5. The standard InChI is InChI=1S/C34H53N5O5S/c1-21-16-24-17-34(11-10-26(24)40)20-33(21,4)27(18-32(3,29(42)22(34)2)12-15-39-31(36)37)44-28(41)19-45-25-8-6-23(7-9-25)30(43)38-14-5-13-35/h6-9,21-22,24,27,29,42H,5,10-20,35H2,1-4H3,(H,38,43)(H4,36,37,39)/t21-,22+,24?,27-,29+,32+,33+,34+/m1/s1. The van der Waals surface area contributed by atoms with Crippen molar-refractivity contribution in [2.75, 3.05) is 25.4 Å². The topological polar surface area (TPSA) is 183 Å². The maximum absolute atomic E-state index is 13.5. The number of fused-ring (bicyclic) bond motifs is 2. The second kappa shape index (κ2) is 14.4. The number of carbonyl (C=O) groups excluding carboxylic acids is 3. The fourth-order valence-corrected chi connectivity index (χ4v) is 9.00. The number of rotatable bonds is 11. The van der Waals surface area contributed by atoms with E-state index in [4.69, 9.17) is 21.9 Å². The Morgan fingerprint density at radius 1 is 1.16 bits per heavy atom. The Morgan fingerprint density at radius 3 is 2.53 bits per heavy atom. The summed E-state index contributed by atoms with van der Waals surface area (Å²) in [6, 6.07) is 7.16. The van der Waals surface area contributed by atoms with Crippen molar-refractivity contribution < 1.29 is 24.2 Å². The van der Waals surface area contributed by atoms with Crippen molar-refractivity contribution in [3.63, 3.8) is 0 Å². The van der Waals surface area contributed by atoms with E-state index in [9.17, 15) is 19.5 Å². The fourth-order valence-electron chi connectivity index (χ4n) is 8.32. The number of Topliss-reactive ketones (excluding diaryl/α,β-unsaturated/α-hetero) is 1. The first-order chi connectivity index (χ1) is 21.2. The van der Waals surface area contributed by atoms with Gasteiger partial charge in [0, 0.05) is 41.3 Å². The number of thioether (sulfide) groups is 1. The molecule has 3 aliphatic carbocycles. The SMILES string of the molecule is C[C@@H]1CC2C[C@@]3(CCC2=O)C[C@]1(C)[C@H](OC(=O)CSc1ccc(C(=O)NCCCN)cc1)C[C@](C)(CCN=C(N)N)[C@@H](O)[C@@H]3C. The van der Waals surface area contributed by atoms with Gasteiger partial charge in [-0.1, -0.05) is 27.7 Å². The zero-order chi connectivity index (χ0) is 33.0. The predicted molar refractivity (Wildman–Crippen MR) is 178 cm³/mol. The summed E-state index contributed by atoms with van der Waals surface area (Å²) in [5, 5.41) is 14.9. The molecule has 45 heavy (non-hydrogen) atoms. The zero-order valence-corrected chi connectivity index (χ0v) is 28.2. The summed E-state index contributed by atoms with van der Waals surface area (Å²) in [4.78, 5) is 44.0. The lowest BCUT2D eigenvalue weighted by Gasteiger charge is -2.56. The van der Waals surface area contributed by atoms with Gasteiger partial charge in [0.1, 0.15) is 11.9 Å². The number of nitrogens with two attached hydrogens (primary N) is 3. The number of aliphatic imine (C=N–C) groups is 1. The maximum atomic E-state index is 13.5. The average molecular weight is 644 g/mol. The van der Waals surface area contributed by atoms with Crippen LogP contribution >= 0.6 is 11.8 Å². The Morgan fingerprint density at radius 2 is 1.87 bits per heavy atom. The highest BCUT2D eigenvalue weighted by atomic mass is 32.2. The van der Waals surface area contributed by atoms with Crippen LogP contribution in [-0.4, -0.2) is 66.3 Å². The van der Waals surface area contributed by atoms with Crippen molar-refractivity contribution in [2.45, 2.75) is 96.2 Å². The molecule has 0 aromatic heterocycles. The number of ether oxygens (including phenoxy) is 1. The van der Waals surface area contributed by atoms with Crippen LogP contribution in [0.25, 0.3) is 0 Å². The predicted octanol–water partition coefficient (Wildman–Crippen LogP) is 3.63. The first kappa shape index (κ1) is 35.2. The van der Waals surface area contributed by atoms with Gasteiger partial charge in [0.15, 0.2) is 5.96 Å². The molecule has 0 saturated heterocycles. The van der Waals surface area contributed by atoms with Crippen molar-refractivity contribution in [1.82, 2.24) is 5.32 Å². The van der Waals surface area contributed by atoms with Crippen LogP contribution in [0, 0.1) is 34.0 Å². The number of carbonyl (C=O) groups is 3. The van der Waals surface area contributed by atoms with Crippen LogP contribution in [0.2, 0.25) is 0 Å². The molecule has 8 N–H and O–H groups in total. The van der Waals surface area contributed by atoms with Crippen molar-refractivity contribution in [2.24, 2.45) is 56.2 Å². The Bertz CT molecular complexity index is 1260. The molecule has 1 amide bonds. The molecular weight excluding hydrogens is 590 g/mol. The molecule has 3 saturated carbocycles. The molecule has 8 atom stereocenters. The second-order valence-corrected chi connectivity index (χ2v) is 15.4. The van der Waals surface area contributed by atoms with E-state index in [2.05, 4.69) is 38.0 Å². The molecule has 4 rings (SSSR count). The molecule has 0 heterocycles. The normalized spacial score (nSPS) is 34.5. The molecule has 1 aromatic carbocycles. The number of aliphatic hydroxyl groups is 1. The van der Waals surface area contributed by atoms with Crippen LogP contribution in [0.15, 0.2) is 34.2 Å². The Hall–Kier alpha value is -2.63. The maximum Gasteiger partial charge on any atom is 0.316 e. The van der Waals surface area contributed by atoms with E-state index in [1.165, 1.54) is 11.8 Å². The Kier molecular flexibility index (Phi) is 11.3. The van der Waals surface area contributed by atoms with Gasteiger partial charge in [-0.3, -0.25) is 19.4 Å². The minimum Gasteiger partial charge on any atom is -0.461 e. The van der Waals surface area contributed by atoms with Crippen molar-refractivity contribution in [1.29, 1.82) is 0 Å². The van der Waals surface area contributed by atoms with Gasteiger partial charge in [-0.2, -0.15) is 0 Å². The number of guanidine groups is 1. The van der Waals surface area contributed by atoms with E-state index in [1.54, 1.807) is 12.1 Å². The molecule has 0 aliphatic heterocycles. The molecule has 1 unspecified atom stereocenters. The average Bonchev–Trinajstić information content (AvgIpc) is 3.09. The number of nitrogens with one attached hydrogen (secondary N) is 1. The molecule has 3 fully saturated rings.